The Morgan fingerprint density at radius 1 is 0.947 bits per heavy atom. The van der Waals surface area contributed by atoms with Gasteiger partial charge in [0.25, 0.3) is 0 Å². The number of aryl methyl sites for hydroxylation is 1. The summed E-state index contributed by atoms with van der Waals surface area (Å²) < 4.78 is 39.8. The number of fused-ring (bicyclic) bond motifs is 1. The Morgan fingerprint density at radius 3 is 2.47 bits per heavy atom. The number of carbonyl (C=O) groups is 2. The smallest absolute Gasteiger partial charge is 0.361 e. The number of rotatable bonds is 7. The van der Waals surface area contributed by atoms with E-state index in [1.807, 2.05) is 60.8 Å². The highest BCUT2D eigenvalue weighted by Gasteiger charge is 2.35. The first-order valence-corrected chi connectivity index (χ1v) is 12.6. The predicted octanol–water partition coefficient (Wildman–Crippen LogP) is 5.60. The average Bonchev–Trinajstić information content (AvgIpc) is 3.32. The van der Waals surface area contributed by atoms with Crippen LogP contribution in [0.1, 0.15) is 28.7 Å². The van der Waals surface area contributed by atoms with E-state index in [2.05, 4.69) is 4.98 Å². The average molecular weight is 520 g/mol. The number of amides is 2. The van der Waals surface area contributed by atoms with Crippen molar-refractivity contribution in [3.63, 3.8) is 0 Å². The lowest BCUT2D eigenvalue weighted by Gasteiger charge is -2.41. The van der Waals surface area contributed by atoms with Gasteiger partial charge in [0, 0.05) is 30.2 Å². The summed E-state index contributed by atoms with van der Waals surface area (Å²) in [5.74, 6) is -0.412. The normalized spacial score (nSPS) is 16.3. The van der Waals surface area contributed by atoms with E-state index in [1.165, 1.54) is 6.07 Å². The lowest BCUT2D eigenvalue weighted by Crippen LogP contribution is -2.57. The van der Waals surface area contributed by atoms with Crippen LogP contribution >= 0.6 is 0 Å². The van der Waals surface area contributed by atoms with Gasteiger partial charge in [-0.3, -0.25) is 9.59 Å². The van der Waals surface area contributed by atoms with Gasteiger partial charge >= 0.3 is 6.18 Å². The van der Waals surface area contributed by atoms with Crippen LogP contribution < -0.4 is 0 Å². The largest absolute Gasteiger partial charge is 0.416 e. The van der Waals surface area contributed by atoms with E-state index < -0.39 is 11.7 Å². The quantitative estimate of drug-likeness (QED) is 0.346. The third-order valence-electron chi connectivity index (χ3n) is 7.10. The number of aromatic nitrogens is 1. The number of alkyl halides is 3. The second-order valence-corrected chi connectivity index (χ2v) is 9.71. The van der Waals surface area contributed by atoms with Crippen molar-refractivity contribution >= 4 is 22.7 Å². The molecule has 1 fully saturated rings. The Bertz CT molecular complexity index is 1430. The molecule has 1 aliphatic heterocycles. The van der Waals surface area contributed by atoms with Crippen molar-refractivity contribution in [3.05, 3.63) is 107 Å². The van der Waals surface area contributed by atoms with Gasteiger partial charge in [0.05, 0.1) is 24.6 Å². The Morgan fingerprint density at radius 2 is 1.68 bits per heavy atom. The molecule has 2 heterocycles. The molecule has 0 aliphatic carbocycles. The number of para-hydroxylation sites is 1. The SMILES string of the molecule is O=C(Cc1c[nH]c2ccccc12)N1CC(=O)N(Cc2cccc(C(F)(F)F)c2)[C@@H](CCc2ccccc2)C1. The Labute approximate surface area is 218 Å². The molecule has 4 aromatic rings. The lowest BCUT2D eigenvalue weighted by molar-refractivity contribution is -0.149. The van der Waals surface area contributed by atoms with Gasteiger partial charge in [-0.15, -0.1) is 0 Å². The minimum absolute atomic E-state index is 0.0622. The molecular formula is C30H28F3N3O2. The Hall–Kier alpha value is -4.07. The van der Waals surface area contributed by atoms with Crippen LogP contribution in [0.3, 0.4) is 0 Å². The maximum Gasteiger partial charge on any atom is 0.416 e. The molecule has 0 unspecified atom stereocenters. The lowest BCUT2D eigenvalue weighted by atomic mass is 9.99. The fourth-order valence-corrected chi connectivity index (χ4v) is 5.10. The van der Waals surface area contributed by atoms with E-state index in [-0.39, 0.29) is 37.4 Å². The molecule has 2 amide bonds. The number of piperazine rings is 1. The molecule has 1 aromatic heterocycles. The van der Waals surface area contributed by atoms with Crippen molar-refractivity contribution in [2.75, 3.05) is 13.1 Å². The molecule has 0 radical (unpaired) electrons. The summed E-state index contributed by atoms with van der Waals surface area (Å²) >= 11 is 0. The molecule has 0 saturated carbocycles. The molecule has 0 spiro atoms. The molecule has 196 valence electrons. The Balaban J connectivity index is 1.35. The van der Waals surface area contributed by atoms with Gasteiger partial charge in [-0.2, -0.15) is 13.2 Å². The topological polar surface area (TPSA) is 56.4 Å². The third-order valence-corrected chi connectivity index (χ3v) is 7.10. The number of halogens is 3. The molecule has 1 aliphatic rings. The zero-order valence-electron chi connectivity index (χ0n) is 20.7. The van der Waals surface area contributed by atoms with Crippen LogP contribution in [0.25, 0.3) is 10.9 Å². The standard InChI is InChI=1S/C30H28F3N3O2/c31-30(32,33)24-10-6-9-22(15-24)18-36-25(14-13-21-7-2-1-3-8-21)19-35(20-29(36)38)28(37)16-23-17-34-27-12-5-4-11-26(23)27/h1-12,15,17,25,34H,13-14,16,18-20H2/t25-/m0/s1. The highest BCUT2D eigenvalue weighted by Crippen LogP contribution is 2.30. The first-order valence-electron chi connectivity index (χ1n) is 12.6. The molecule has 1 saturated heterocycles. The number of nitrogens with zero attached hydrogens (tertiary/aromatic N) is 2. The monoisotopic (exact) mass is 519 g/mol. The van der Waals surface area contributed by atoms with Crippen LogP contribution in [0.15, 0.2) is 85.1 Å². The second-order valence-electron chi connectivity index (χ2n) is 9.71. The second kappa shape index (κ2) is 10.7. The summed E-state index contributed by atoms with van der Waals surface area (Å²) in [7, 11) is 0. The molecule has 1 N–H and O–H groups in total. The van der Waals surface area contributed by atoms with Gasteiger partial charge in [-0.1, -0.05) is 60.7 Å². The van der Waals surface area contributed by atoms with Gasteiger partial charge in [0.2, 0.25) is 11.8 Å². The zero-order valence-corrected chi connectivity index (χ0v) is 20.7. The van der Waals surface area contributed by atoms with Crippen LogP contribution in [0.4, 0.5) is 13.2 Å². The summed E-state index contributed by atoms with van der Waals surface area (Å²) in [6, 6.07) is 22.3. The first kappa shape index (κ1) is 25.6. The van der Waals surface area contributed by atoms with E-state index >= 15 is 0 Å². The minimum atomic E-state index is -4.46. The fraction of sp³-hybridized carbons (Fsp3) is 0.267. The Kier molecular flexibility index (Phi) is 7.22. The molecule has 5 rings (SSSR count). The van der Waals surface area contributed by atoms with Gasteiger partial charge in [0.15, 0.2) is 0 Å². The first-order chi connectivity index (χ1) is 18.3. The molecule has 1 atom stereocenters. The number of aromatic amines is 1. The van der Waals surface area contributed by atoms with E-state index in [1.54, 1.807) is 15.9 Å². The molecule has 8 heteroatoms. The minimum Gasteiger partial charge on any atom is -0.361 e. The van der Waals surface area contributed by atoms with Crippen LogP contribution in [-0.2, 0) is 35.2 Å². The van der Waals surface area contributed by atoms with E-state index in [0.717, 1.165) is 34.2 Å². The van der Waals surface area contributed by atoms with E-state index in [0.29, 0.717) is 24.9 Å². The summed E-state index contributed by atoms with van der Waals surface area (Å²) in [5.41, 5.74) is 2.58. The van der Waals surface area contributed by atoms with Crippen LogP contribution in [0.5, 0.6) is 0 Å². The highest BCUT2D eigenvalue weighted by atomic mass is 19.4. The molecule has 0 bridgehead atoms. The maximum atomic E-state index is 13.3. The molecule has 3 aromatic carbocycles. The number of hydrogen-bond acceptors (Lipinski definition) is 2. The van der Waals surface area contributed by atoms with Gasteiger partial charge in [-0.05, 0) is 47.7 Å². The molecular weight excluding hydrogens is 491 g/mol. The van der Waals surface area contributed by atoms with Gasteiger partial charge in [-0.25, -0.2) is 0 Å². The van der Waals surface area contributed by atoms with Crippen molar-refractivity contribution in [1.29, 1.82) is 0 Å². The van der Waals surface area contributed by atoms with Crippen molar-refractivity contribution < 1.29 is 22.8 Å². The number of benzene rings is 3. The van der Waals surface area contributed by atoms with E-state index in [4.69, 9.17) is 0 Å². The van der Waals surface area contributed by atoms with E-state index in [9.17, 15) is 22.8 Å². The summed E-state index contributed by atoms with van der Waals surface area (Å²) in [6.45, 7) is 0.299. The molecule has 5 nitrogen and oxygen atoms in total. The number of carbonyl (C=O) groups excluding carboxylic acids is 2. The summed E-state index contributed by atoms with van der Waals surface area (Å²) in [6.07, 6.45) is -1.20. The van der Waals surface area contributed by atoms with Crippen LogP contribution in [0, 0.1) is 0 Å². The van der Waals surface area contributed by atoms with Gasteiger partial charge in [0.1, 0.15) is 0 Å². The summed E-state index contributed by atoms with van der Waals surface area (Å²) in [5, 5.41) is 0.969. The number of H-pyrrole nitrogens is 1. The van der Waals surface area contributed by atoms with Crippen molar-refractivity contribution in [2.45, 2.75) is 38.0 Å². The van der Waals surface area contributed by atoms with Crippen LogP contribution in [-0.4, -0.2) is 45.7 Å². The number of nitrogens with one attached hydrogen (secondary N) is 1. The molecule has 38 heavy (non-hydrogen) atoms. The zero-order chi connectivity index (χ0) is 26.7. The van der Waals surface area contributed by atoms with Gasteiger partial charge < -0.3 is 14.8 Å². The fourth-order valence-electron chi connectivity index (χ4n) is 5.10. The number of hydrogen-bond donors (Lipinski definition) is 1. The summed E-state index contributed by atoms with van der Waals surface area (Å²) in [4.78, 5) is 33.0. The maximum absolute atomic E-state index is 13.3. The predicted molar refractivity (Wildman–Crippen MR) is 139 cm³/mol. The van der Waals surface area contributed by atoms with Crippen molar-refractivity contribution in [1.82, 2.24) is 14.8 Å². The highest BCUT2D eigenvalue weighted by molar-refractivity contribution is 5.91. The third kappa shape index (κ3) is 5.74. The van der Waals surface area contributed by atoms with Crippen molar-refractivity contribution in [3.8, 4) is 0 Å². The van der Waals surface area contributed by atoms with Crippen molar-refractivity contribution in [2.24, 2.45) is 0 Å². The van der Waals surface area contributed by atoms with Crippen LogP contribution in [0.2, 0.25) is 0 Å².